The zero-order chi connectivity index (χ0) is 12.8. The van der Waals surface area contributed by atoms with Crippen molar-refractivity contribution in [2.75, 3.05) is 16.4 Å². The molecule has 2 amide bonds. The second-order valence-corrected chi connectivity index (χ2v) is 6.07. The van der Waals surface area contributed by atoms with E-state index in [4.69, 9.17) is 6.42 Å². The van der Waals surface area contributed by atoms with E-state index in [1.807, 2.05) is 17.5 Å². The van der Waals surface area contributed by atoms with E-state index in [-0.39, 0.29) is 6.03 Å². The number of carbonyl (C=O) groups is 1. The van der Waals surface area contributed by atoms with Gasteiger partial charge >= 0.3 is 6.03 Å². The number of carbonyl (C=O) groups excluding carboxylic acids is 1. The number of urea groups is 1. The minimum atomic E-state index is -0.331. The lowest BCUT2D eigenvalue weighted by molar-refractivity contribution is 0.262. The predicted molar refractivity (Wildman–Crippen MR) is 76.4 cm³/mol. The molecule has 0 atom stereocenters. The number of hydrogen-bond acceptors (Lipinski definition) is 6. The van der Waals surface area contributed by atoms with Crippen molar-refractivity contribution < 1.29 is 4.79 Å². The van der Waals surface area contributed by atoms with Crippen molar-refractivity contribution in [1.29, 1.82) is 0 Å². The first-order valence-corrected chi connectivity index (χ1v) is 7.47. The molecular formula is C10H8N4OS3. The molecule has 18 heavy (non-hydrogen) atoms. The van der Waals surface area contributed by atoms with Gasteiger partial charge < -0.3 is 0 Å². The highest BCUT2D eigenvalue weighted by Crippen LogP contribution is 2.25. The average Bonchev–Trinajstić information content (AvgIpc) is 2.98. The van der Waals surface area contributed by atoms with Gasteiger partial charge in [0.1, 0.15) is 0 Å². The van der Waals surface area contributed by atoms with Gasteiger partial charge in [0.15, 0.2) is 4.34 Å². The summed E-state index contributed by atoms with van der Waals surface area (Å²) in [6.07, 6.45) is 5.15. The molecule has 2 aromatic rings. The Bertz CT molecular complexity index is 558. The van der Waals surface area contributed by atoms with Gasteiger partial charge in [-0.1, -0.05) is 29.0 Å². The second-order valence-electron chi connectivity index (χ2n) is 2.92. The molecule has 2 aromatic heterocycles. The number of nitrogens with one attached hydrogen (secondary N) is 2. The molecular weight excluding hydrogens is 288 g/mol. The molecule has 0 fully saturated rings. The van der Waals surface area contributed by atoms with Gasteiger partial charge in [-0.3, -0.25) is 10.6 Å². The van der Waals surface area contributed by atoms with E-state index < -0.39 is 0 Å². The summed E-state index contributed by atoms with van der Waals surface area (Å²) in [6.45, 7) is 0. The van der Waals surface area contributed by atoms with Crippen LogP contribution >= 0.6 is 34.4 Å². The highest BCUT2D eigenvalue weighted by atomic mass is 32.2. The third-order valence-corrected chi connectivity index (χ3v) is 4.33. The number of terminal acetylenes is 1. The molecule has 0 aliphatic heterocycles. The molecule has 0 aliphatic rings. The summed E-state index contributed by atoms with van der Waals surface area (Å²) in [7, 11) is 0. The molecule has 0 spiro atoms. The molecule has 2 N–H and O–H groups in total. The Labute approximate surface area is 116 Å². The van der Waals surface area contributed by atoms with Gasteiger partial charge in [-0.15, -0.1) is 28.0 Å². The van der Waals surface area contributed by atoms with Crippen LogP contribution in [-0.2, 0) is 0 Å². The Hall–Kier alpha value is -1.56. The van der Waals surface area contributed by atoms with Crippen LogP contribution in [0, 0.1) is 12.3 Å². The van der Waals surface area contributed by atoms with E-state index in [0.29, 0.717) is 10.9 Å². The number of rotatable bonds is 4. The van der Waals surface area contributed by atoms with Crippen LogP contribution in [0.1, 0.15) is 0 Å². The molecule has 8 heteroatoms. The normalized spacial score (nSPS) is 9.72. The molecule has 0 aliphatic carbocycles. The summed E-state index contributed by atoms with van der Waals surface area (Å²) in [5.74, 6) is 3.04. The van der Waals surface area contributed by atoms with Crippen molar-refractivity contribution in [2.24, 2.45) is 0 Å². The summed E-state index contributed by atoms with van der Waals surface area (Å²) in [5.41, 5.74) is 0. The number of nitrogens with zero attached hydrogens (tertiary/aromatic N) is 2. The molecule has 0 aromatic carbocycles. The SMILES string of the molecule is C#CCSc1nnc(NC(=O)Nc2cccs2)s1. The van der Waals surface area contributed by atoms with Crippen LogP contribution in [0.5, 0.6) is 0 Å². The van der Waals surface area contributed by atoms with Crippen LogP contribution in [0.2, 0.25) is 0 Å². The fourth-order valence-corrected chi connectivity index (χ4v) is 3.05. The van der Waals surface area contributed by atoms with E-state index in [0.717, 1.165) is 9.34 Å². The van der Waals surface area contributed by atoms with Gasteiger partial charge in [0.2, 0.25) is 5.13 Å². The fourth-order valence-electron chi connectivity index (χ4n) is 1.01. The first kappa shape index (κ1) is 12.9. The minimum Gasteiger partial charge on any atom is -0.299 e. The highest BCUT2D eigenvalue weighted by molar-refractivity contribution is 8.01. The lowest BCUT2D eigenvalue weighted by atomic mass is 10.6. The molecule has 2 rings (SSSR count). The van der Waals surface area contributed by atoms with Crippen molar-refractivity contribution in [3.05, 3.63) is 17.5 Å². The highest BCUT2D eigenvalue weighted by Gasteiger charge is 2.08. The van der Waals surface area contributed by atoms with Crippen LogP contribution in [0.3, 0.4) is 0 Å². The van der Waals surface area contributed by atoms with Gasteiger partial charge in [0, 0.05) is 0 Å². The molecule has 0 unspecified atom stereocenters. The predicted octanol–water partition coefficient (Wildman–Crippen LogP) is 2.97. The van der Waals surface area contributed by atoms with Gasteiger partial charge in [0.25, 0.3) is 0 Å². The summed E-state index contributed by atoms with van der Waals surface area (Å²) in [4.78, 5) is 11.6. The van der Waals surface area contributed by atoms with Crippen LogP contribution in [0.15, 0.2) is 21.9 Å². The van der Waals surface area contributed by atoms with E-state index >= 15 is 0 Å². The van der Waals surface area contributed by atoms with Gasteiger partial charge in [-0.25, -0.2) is 4.79 Å². The Kier molecular flexibility index (Phi) is 4.58. The largest absolute Gasteiger partial charge is 0.326 e. The van der Waals surface area contributed by atoms with Gasteiger partial charge in [-0.05, 0) is 17.5 Å². The molecule has 0 bridgehead atoms. The second kappa shape index (κ2) is 6.39. The monoisotopic (exact) mass is 296 g/mol. The van der Waals surface area contributed by atoms with Crippen molar-refractivity contribution >= 4 is 50.6 Å². The van der Waals surface area contributed by atoms with E-state index in [9.17, 15) is 4.79 Å². The topological polar surface area (TPSA) is 66.9 Å². The zero-order valence-corrected chi connectivity index (χ0v) is 11.5. The van der Waals surface area contributed by atoms with Gasteiger partial charge in [0.05, 0.1) is 10.8 Å². The number of thiophene rings is 1. The van der Waals surface area contributed by atoms with Crippen molar-refractivity contribution in [1.82, 2.24) is 10.2 Å². The molecule has 0 radical (unpaired) electrons. The van der Waals surface area contributed by atoms with Crippen molar-refractivity contribution in [3.8, 4) is 12.3 Å². The minimum absolute atomic E-state index is 0.331. The summed E-state index contributed by atoms with van der Waals surface area (Å²) >= 11 is 4.15. The Balaban J connectivity index is 1.87. The summed E-state index contributed by atoms with van der Waals surface area (Å²) in [5, 5.41) is 16.2. The molecule has 0 saturated heterocycles. The maximum Gasteiger partial charge on any atom is 0.326 e. The third-order valence-electron chi connectivity index (χ3n) is 1.66. The average molecular weight is 296 g/mol. The van der Waals surface area contributed by atoms with Crippen molar-refractivity contribution in [3.63, 3.8) is 0 Å². The lowest BCUT2D eigenvalue weighted by Crippen LogP contribution is -2.18. The number of anilines is 2. The molecule has 0 saturated carbocycles. The number of hydrogen-bond donors (Lipinski definition) is 2. The lowest BCUT2D eigenvalue weighted by Gasteiger charge is -2.00. The maximum atomic E-state index is 11.6. The molecule has 5 nitrogen and oxygen atoms in total. The van der Waals surface area contributed by atoms with E-state index in [1.165, 1.54) is 34.4 Å². The van der Waals surface area contributed by atoms with Crippen LogP contribution in [0.25, 0.3) is 0 Å². The Morgan fingerprint density at radius 1 is 1.50 bits per heavy atom. The Morgan fingerprint density at radius 2 is 2.39 bits per heavy atom. The Morgan fingerprint density at radius 3 is 3.11 bits per heavy atom. The van der Waals surface area contributed by atoms with E-state index in [1.54, 1.807) is 0 Å². The quantitative estimate of drug-likeness (QED) is 0.517. The van der Waals surface area contributed by atoms with Crippen LogP contribution < -0.4 is 10.6 Å². The summed E-state index contributed by atoms with van der Waals surface area (Å²) in [6, 6.07) is 3.35. The van der Waals surface area contributed by atoms with Crippen molar-refractivity contribution in [2.45, 2.75) is 4.34 Å². The number of thioether (sulfide) groups is 1. The number of aromatic nitrogens is 2. The fraction of sp³-hybridized carbons (Fsp3) is 0.100. The molecule has 2 heterocycles. The molecule has 92 valence electrons. The third kappa shape index (κ3) is 3.73. The zero-order valence-electron chi connectivity index (χ0n) is 9.04. The first-order valence-electron chi connectivity index (χ1n) is 4.79. The van der Waals surface area contributed by atoms with Crippen LogP contribution in [0.4, 0.5) is 14.9 Å². The maximum absolute atomic E-state index is 11.6. The van der Waals surface area contributed by atoms with Gasteiger partial charge in [-0.2, -0.15) is 0 Å². The smallest absolute Gasteiger partial charge is 0.299 e. The summed E-state index contributed by atoms with van der Waals surface area (Å²) < 4.78 is 0.736. The first-order chi connectivity index (χ1) is 8.78. The van der Waals surface area contributed by atoms with Crippen LogP contribution in [-0.4, -0.2) is 22.0 Å². The van der Waals surface area contributed by atoms with E-state index in [2.05, 4.69) is 26.8 Å². The standard InChI is InChI=1S/C10H8N4OS3/c1-2-5-17-10-14-13-9(18-10)12-8(15)11-7-4-3-6-16-7/h1,3-4,6H,5H2,(H2,11,12,13,15). The number of amides is 2.